The number of aromatic nitrogens is 1. The monoisotopic (exact) mass is 469 g/mol. The molecular formula is C28H24BrNO. The highest BCUT2D eigenvalue weighted by Gasteiger charge is 2.14. The highest BCUT2D eigenvalue weighted by Crippen LogP contribution is 2.34. The molecule has 1 heterocycles. The minimum absolute atomic E-state index is 0.137. The molecule has 0 aliphatic heterocycles. The molecule has 0 fully saturated rings. The van der Waals surface area contributed by atoms with Gasteiger partial charge in [0.2, 0.25) is 0 Å². The number of para-hydroxylation sites is 1. The van der Waals surface area contributed by atoms with Gasteiger partial charge in [0.1, 0.15) is 11.5 Å². The van der Waals surface area contributed by atoms with Crippen molar-refractivity contribution in [3.05, 3.63) is 101 Å². The lowest BCUT2D eigenvalue weighted by Gasteiger charge is -2.19. The van der Waals surface area contributed by atoms with Crippen LogP contribution in [0.2, 0.25) is 0 Å². The average Bonchev–Trinajstić information content (AvgIpc) is 3.08. The minimum atomic E-state index is 0.137. The van der Waals surface area contributed by atoms with E-state index in [4.69, 9.17) is 4.74 Å². The number of hydrogen-bond donors (Lipinski definition) is 0. The smallest absolute Gasteiger partial charge is 0.127 e. The van der Waals surface area contributed by atoms with Crippen molar-refractivity contribution in [3.8, 4) is 17.2 Å². The summed E-state index contributed by atoms with van der Waals surface area (Å²) in [5.41, 5.74) is 4.94. The van der Waals surface area contributed by atoms with Gasteiger partial charge < -0.3 is 9.30 Å². The van der Waals surface area contributed by atoms with Gasteiger partial charge in [-0.25, -0.2) is 0 Å². The largest absolute Gasteiger partial charge is 0.457 e. The summed E-state index contributed by atoms with van der Waals surface area (Å²) < 4.78 is 9.49. The van der Waals surface area contributed by atoms with Crippen LogP contribution in [-0.2, 0) is 5.41 Å². The first-order chi connectivity index (χ1) is 14.9. The second-order valence-corrected chi connectivity index (χ2v) is 9.80. The predicted octanol–water partition coefficient (Wildman–Crippen LogP) is 8.64. The number of benzene rings is 4. The van der Waals surface area contributed by atoms with E-state index in [-0.39, 0.29) is 5.41 Å². The SMILES string of the molecule is CC(C)(C)c1ccc(Oc2ccc(-n3c4ccccc4c4cc(Br)ccc43)cc2)cc1. The van der Waals surface area contributed by atoms with E-state index in [2.05, 4.69) is 108 Å². The summed E-state index contributed by atoms with van der Waals surface area (Å²) in [6.07, 6.45) is 0. The first-order valence-electron chi connectivity index (χ1n) is 10.5. The van der Waals surface area contributed by atoms with Crippen molar-refractivity contribution >= 4 is 37.7 Å². The summed E-state index contributed by atoms with van der Waals surface area (Å²) >= 11 is 3.61. The van der Waals surface area contributed by atoms with Crippen LogP contribution in [0.5, 0.6) is 11.5 Å². The van der Waals surface area contributed by atoms with Crippen LogP contribution in [0.4, 0.5) is 0 Å². The lowest BCUT2D eigenvalue weighted by molar-refractivity contribution is 0.481. The fourth-order valence-electron chi connectivity index (χ4n) is 4.05. The molecule has 0 saturated heterocycles. The zero-order valence-corrected chi connectivity index (χ0v) is 19.5. The summed E-state index contributed by atoms with van der Waals surface area (Å²) in [5.74, 6) is 1.68. The van der Waals surface area contributed by atoms with E-state index in [0.717, 1.165) is 21.7 Å². The topological polar surface area (TPSA) is 14.2 Å². The van der Waals surface area contributed by atoms with Crippen molar-refractivity contribution in [2.45, 2.75) is 26.2 Å². The van der Waals surface area contributed by atoms with Gasteiger partial charge in [0.15, 0.2) is 0 Å². The maximum absolute atomic E-state index is 6.09. The van der Waals surface area contributed by atoms with Crippen molar-refractivity contribution in [2.24, 2.45) is 0 Å². The molecule has 0 atom stereocenters. The van der Waals surface area contributed by atoms with Gasteiger partial charge in [0.25, 0.3) is 0 Å². The Morgan fingerprint density at radius 3 is 1.97 bits per heavy atom. The van der Waals surface area contributed by atoms with Gasteiger partial charge in [-0.05, 0) is 71.6 Å². The minimum Gasteiger partial charge on any atom is -0.457 e. The van der Waals surface area contributed by atoms with Gasteiger partial charge >= 0.3 is 0 Å². The number of halogens is 1. The Hall–Kier alpha value is -3.04. The summed E-state index contributed by atoms with van der Waals surface area (Å²) in [7, 11) is 0. The lowest BCUT2D eigenvalue weighted by Crippen LogP contribution is -2.10. The maximum Gasteiger partial charge on any atom is 0.127 e. The first kappa shape index (κ1) is 19.9. The van der Waals surface area contributed by atoms with E-state index in [1.54, 1.807) is 0 Å². The predicted molar refractivity (Wildman–Crippen MR) is 134 cm³/mol. The van der Waals surface area contributed by atoms with Crippen molar-refractivity contribution in [1.82, 2.24) is 4.57 Å². The van der Waals surface area contributed by atoms with Crippen molar-refractivity contribution in [1.29, 1.82) is 0 Å². The molecule has 0 radical (unpaired) electrons. The molecule has 0 unspecified atom stereocenters. The highest BCUT2D eigenvalue weighted by molar-refractivity contribution is 9.10. The third-order valence-corrected chi connectivity index (χ3v) is 6.18. The number of fused-ring (bicyclic) bond motifs is 3. The second kappa shape index (κ2) is 7.58. The lowest BCUT2D eigenvalue weighted by atomic mass is 9.87. The summed E-state index contributed by atoms with van der Waals surface area (Å²) in [6, 6.07) is 31.6. The number of ether oxygens (including phenoxy) is 1. The second-order valence-electron chi connectivity index (χ2n) is 8.88. The molecule has 5 rings (SSSR count). The zero-order valence-electron chi connectivity index (χ0n) is 17.9. The molecule has 0 amide bonds. The van der Waals surface area contributed by atoms with Crippen LogP contribution in [-0.4, -0.2) is 4.57 Å². The first-order valence-corrected chi connectivity index (χ1v) is 11.3. The standard InChI is InChI=1S/C28H24BrNO/c1-28(2,3)19-8-13-22(14-9-19)31-23-15-11-21(12-16-23)30-26-7-5-4-6-24(26)25-18-20(29)10-17-27(25)30/h4-18H,1-3H3. The Bertz CT molecular complexity index is 1370. The van der Waals surface area contributed by atoms with Gasteiger partial charge in [-0.15, -0.1) is 0 Å². The molecule has 2 nitrogen and oxygen atoms in total. The van der Waals surface area contributed by atoms with Crippen molar-refractivity contribution in [2.75, 3.05) is 0 Å². The Labute approximate surface area is 191 Å². The van der Waals surface area contributed by atoms with E-state index in [0.29, 0.717) is 0 Å². The Balaban J connectivity index is 1.50. The van der Waals surface area contributed by atoms with E-state index in [1.807, 2.05) is 24.3 Å². The number of nitrogens with zero attached hydrogens (tertiary/aromatic N) is 1. The molecule has 0 spiro atoms. The Morgan fingerprint density at radius 2 is 1.29 bits per heavy atom. The molecule has 1 aromatic heterocycles. The van der Waals surface area contributed by atoms with E-state index in [1.165, 1.54) is 27.4 Å². The molecular weight excluding hydrogens is 446 g/mol. The fraction of sp³-hybridized carbons (Fsp3) is 0.143. The third-order valence-electron chi connectivity index (χ3n) is 5.69. The van der Waals surface area contributed by atoms with Gasteiger partial charge in [0.05, 0.1) is 11.0 Å². The fourth-order valence-corrected chi connectivity index (χ4v) is 4.41. The highest BCUT2D eigenvalue weighted by atomic mass is 79.9. The number of rotatable bonds is 3. The molecule has 0 saturated carbocycles. The van der Waals surface area contributed by atoms with Crippen LogP contribution in [0, 0.1) is 0 Å². The van der Waals surface area contributed by atoms with Gasteiger partial charge in [-0.2, -0.15) is 0 Å². The van der Waals surface area contributed by atoms with Crippen LogP contribution in [0.15, 0.2) is 95.5 Å². The molecule has 0 bridgehead atoms. The molecule has 4 aromatic carbocycles. The molecule has 0 aliphatic carbocycles. The molecule has 0 N–H and O–H groups in total. The molecule has 154 valence electrons. The van der Waals surface area contributed by atoms with E-state index in [9.17, 15) is 0 Å². The van der Waals surface area contributed by atoms with Crippen LogP contribution >= 0.6 is 15.9 Å². The van der Waals surface area contributed by atoms with Gasteiger partial charge in [0, 0.05) is 20.9 Å². The van der Waals surface area contributed by atoms with E-state index >= 15 is 0 Å². The zero-order chi connectivity index (χ0) is 21.6. The molecule has 5 aromatic rings. The van der Waals surface area contributed by atoms with Crippen molar-refractivity contribution in [3.63, 3.8) is 0 Å². The Morgan fingerprint density at radius 1 is 0.677 bits per heavy atom. The van der Waals surface area contributed by atoms with Crippen LogP contribution in [0.1, 0.15) is 26.3 Å². The van der Waals surface area contributed by atoms with Crippen LogP contribution in [0.3, 0.4) is 0 Å². The molecule has 31 heavy (non-hydrogen) atoms. The third kappa shape index (κ3) is 3.75. The van der Waals surface area contributed by atoms with Crippen LogP contribution < -0.4 is 4.74 Å². The summed E-state index contributed by atoms with van der Waals surface area (Å²) in [4.78, 5) is 0. The van der Waals surface area contributed by atoms with Crippen molar-refractivity contribution < 1.29 is 4.74 Å². The van der Waals surface area contributed by atoms with Gasteiger partial charge in [-0.1, -0.05) is 67.0 Å². The van der Waals surface area contributed by atoms with Gasteiger partial charge in [-0.3, -0.25) is 0 Å². The normalized spacial score (nSPS) is 11.9. The molecule has 3 heteroatoms. The summed E-state index contributed by atoms with van der Waals surface area (Å²) in [5, 5.41) is 2.49. The average molecular weight is 470 g/mol. The van der Waals surface area contributed by atoms with E-state index < -0.39 is 0 Å². The Kier molecular flexibility index (Phi) is 4.86. The molecule has 0 aliphatic rings. The quantitative estimate of drug-likeness (QED) is 0.257. The number of hydrogen-bond acceptors (Lipinski definition) is 1. The van der Waals surface area contributed by atoms with Crippen LogP contribution in [0.25, 0.3) is 27.5 Å². The summed E-state index contributed by atoms with van der Waals surface area (Å²) in [6.45, 7) is 6.65. The maximum atomic E-state index is 6.09.